The molecule has 1 aromatic carbocycles. The Balaban J connectivity index is 2.15. The smallest absolute Gasteiger partial charge is 0.243 e. The molecule has 30 heavy (non-hydrogen) atoms. The van der Waals surface area contributed by atoms with Crippen LogP contribution in [0.5, 0.6) is 5.75 Å². The van der Waals surface area contributed by atoms with Gasteiger partial charge in [-0.15, -0.1) is 0 Å². The van der Waals surface area contributed by atoms with Gasteiger partial charge in [0.2, 0.25) is 5.91 Å². The van der Waals surface area contributed by atoms with Crippen LogP contribution in [0.3, 0.4) is 0 Å². The molecule has 0 spiro atoms. The van der Waals surface area contributed by atoms with Crippen LogP contribution in [0.4, 0.5) is 0 Å². The zero-order valence-corrected chi connectivity index (χ0v) is 19.0. The zero-order valence-electron chi connectivity index (χ0n) is 19.0. The lowest BCUT2D eigenvalue weighted by Crippen LogP contribution is -2.48. The molecule has 1 aliphatic heterocycles. The van der Waals surface area contributed by atoms with E-state index >= 15 is 0 Å². The predicted octanol–water partition coefficient (Wildman–Crippen LogP) is 1.49. The molecule has 1 aromatic rings. The van der Waals surface area contributed by atoms with E-state index in [2.05, 4.69) is 46.5 Å². The Morgan fingerprint density at radius 1 is 1.27 bits per heavy atom. The highest BCUT2D eigenvalue weighted by molar-refractivity contribution is 5.84. The van der Waals surface area contributed by atoms with Crippen molar-refractivity contribution in [1.82, 2.24) is 20.4 Å². The van der Waals surface area contributed by atoms with Gasteiger partial charge in [0.1, 0.15) is 12.3 Å². The lowest BCUT2D eigenvalue weighted by atomic mass is 10.0. The van der Waals surface area contributed by atoms with Gasteiger partial charge in [0, 0.05) is 39.8 Å². The molecule has 8 heteroatoms. The first-order chi connectivity index (χ1) is 14.4. The summed E-state index contributed by atoms with van der Waals surface area (Å²) < 4.78 is 10.9. The topological polar surface area (TPSA) is 78.4 Å². The van der Waals surface area contributed by atoms with Gasteiger partial charge < -0.3 is 25.0 Å². The highest BCUT2D eigenvalue weighted by atomic mass is 16.5. The van der Waals surface area contributed by atoms with Crippen molar-refractivity contribution < 1.29 is 14.3 Å². The fourth-order valence-corrected chi connectivity index (χ4v) is 3.14. The summed E-state index contributed by atoms with van der Waals surface area (Å²) in [5, 5.41) is 6.85. The first-order valence-corrected chi connectivity index (χ1v) is 10.6. The molecular formula is C22H37N5O3. The van der Waals surface area contributed by atoms with Gasteiger partial charge in [-0.2, -0.15) is 0 Å². The minimum atomic E-state index is -0.0277. The molecule has 0 radical (unpaired) electrons. The maximum atomic E-state index is 12.0. The number of methoxy groups -OCH3 is 1. The van der Waals surface area contributed by atoms with Crippen LogP contribution in [-0.2, 0) is 9.53 Å². The third kappa shape index (κ3) is 7.50. The Morgan fingerprint density at radius 3 is 2.50 bits per heavy atom. The largest absolute Gasteiger partial charge is 0.497 e. The van der Waals surface area contributed by atoms with E-state index in [1.165, 1.54) is 5.56 Å². The summed E-state index contributed by atoms with van der Waals surface area (Å²) >= 11 is 0. The molecule has 2 unspecified atom stereocenters. The second kappa shape index (κ2) is 12.4. The second-order valence-corrected chi connectivity index (χ2v) is 7.72. The van der Waals surface area contributed by atoms with Gasteiger partial charge >= 0.3 is 0 Å². The number of benzene rings is 1. The van der Waals surface area contributed by atoms with Crippen molar-refractivity contribution in [2.45, 2.75) is 32.4 Å². The molecule has 0 aromatic heterocycles. The number of morpholine rings is 1. The van der Waals surface area contributed by atoms with E-state index in [0.717, 1.165) is 38.5 Å². The van der Waals surface area contributed by atoms with Crippen LogP contribution < -0.4 is 15.4 Å². The summed E-state index contributed by atoms with van der Waals surface area (Å²) in [6.45, 7) is 8.23. The van der Waals surface area contributed by atoms with Crippen LogP contribution in [-0.4, -0.2) is 88.3 Å². The molecule has 8 nitrogen and oxygen atoms in total. The molecule has 1 heterocycles. The van der Waals surface area contributed by atoms with Crippen LogP contribution in [0.1, 0.15) is 31.9 Å². The van der Waals surface area contributed by atoms with Crippen molar-refractivity contribution in [3.05, 3.63) is 29.8 Å². The molecule has 2 atom stereocenters. The van der Waals surface area contributed by atoms with Gasteiger partial charge in [-0.3, -0.25) is 9.69 Å². The molecule has 0 saturated carbocycles. The average molecular weight is 420 g/mol. The molecule has 2 N–H and O–H groups in total. The van der Waals surface area contributed by atoms with E-state index in [1.807, 2.05) is 12.1 Å². The van der Waals surface area contributed by atoms with Crippen molar-refractivity contribution in [3.8, 4) is 5.75 Å². The van der Waals surface area contributed by atoms with Gasteiger partial charge in [-0.25, -0.2) is 4.99 Å². The van der Waals surface area contributed by atoms with E-state index in [0.29, 0.717) is 12.5 Å². The maximum absolute atomic E-state index is 12.0. The van der Waals surface area contributed by atoms with Crippen molar-refractivity contribution in [3.63, 3.8) is 0 Å². The van der Waals surface area contributed by atoms with E-state index in [-0.39, 0.29) is 24.5 Å². The van der Waals surface area contributed by atoms with Gasteiger partial charge in [0.05, 0.1) is 26.4 Å². The summed E-state index contributed by atoms with van der Waals surface area (Å²) in [5.41, 5.74) is 1.21. The van der Waals surface area contributed by atoms with E-state index < -0.39 is 0 Å². The van der Waals surface area contributed by atoms with Crippen LogP contribution in [0.2, 0.25) is 0 Å². The number of nitrogens with zero attached hydrogens (tertiary/aromatic N) is 3. The number of carbonyl (C=O) groups is 1. The number of carbonyl (C=O) groups excluding carboxylic acids is 1. The van der Waals surface area contributed by atoms with Gasteiger partial charge in [0.15, 0.2) is 5.96 Å². The highest BCUT2D eigenvalue weighted by Gasteiger charge is 2.23. The zero-order chi connectivity index (χ0) is 21.9. The molecule has 2 rings (SSSR count). The fourth-order valence-electron chi connectivity index (χ4n) is 3.14. The number of nitrogens with one attached hydrogen (secondary N) is 2. The van der Waals surface area contributed by atoms with Crippen LogP contribution in [0, 0.1) is 0 Å². The quantitative estimate of drug-likeness (QED) is 0.466. The summed E-state index contributed by atoms with van der Waals surface area (Å²) in [7, 11) is 5.16. The Bertz CT molecular complexity index is 672. The summed E-state index contributed by atoms with van der Waals surface area (Å²) in [6, 6.07) is 8.61. The molecular weight excluding hydrogens is 382 g/mol. The number of guanidine groups is 1. The van der Waals surface area contributed by atoms with Crippen LogP contribution in [0.15, 0.2) is 29.3 Å². The average Bonchev–Trinajstić information content (AvgIpc) is 2.78. The summed E-state index contributed by atoms with van der Waals surface area (Å²) in [4.78, 5) is 20.5. The number of hydrogen-bond donors (Lipinski definition) is 2. The minimum absolute atomic E-state index is 0.0277. The van der Waals surface area contributed by atoms with Crippen molar-refractivity contribution in [2.24, 2.45) is 4.99 Å². The SMILES string of the molecule is CCC(C)NC(=NCC(=O)N(C)C)NCC(c1ccc(OC)cc1)N1CCOCC1. The van der Waals surface area contributed by atoms with Crippen LogP contribution >= 0.6 is 0 Å². The number of rotatable bonds is 9. The third-order valence-electron chi connectivity index (χ3n) is 5.32. The number of amides is 1. The summed E-state index contributed by atoms with van der Waals surface area (Å²) in [6.07, 6.45) is 0.966. The lowest BCUT2D eigenvalue weighted by molar-refractivity contribution is -0.127. The normalized spacial score (nSPS) is 17.2. The third-order valence-corrected chi connectivity index (χ3v) is 5.32. The fraction of sp³-hybridized carbons (Fsp3) is 0.636. The van der Waals surface area contributed by atoms with E-state index in [4.69, 9.17) is 9.47 Å². The second-order valence-electron chi connectivity index (χ2n) is 7.72. The van der Waals surface area contributed by atoms with Gasteiger partial charge in [-0.05, 0) is 31.0 Å². The number of likely N-dealkylation sites (N-methyl/N-ethyl adjacent to an activating group) is 1. The van der Waals surface area contributed by atoms with Crippen molar-refractivity contribution in [1.29, 1.82) is 0 Å². The van der Waals surface area contributed by atoms with E-state index in [9.17, 15) is 4.79 Å². The molecule has 168 valence electrons. The summed E-state index contributed by atoms with van der Waals surface area (Å²) in [5.74, 6) is 1.47. The number of aliphatic imine (C=N–C) groups is 1. The van der Waals surface area contributed by atoms with E-state index in [1.54, 1.807) is 26.1 Å². The van der Waals surface area contributed by atoms with Crippen molar-refractivity contribution >= 4 is 11.9 Å². The van der Waals surface area contributed by atoms with Gasteiger partial charge in [0.25, 0.3) is 0 Å². The molecule has 1 fully saturated rings. The van der Waals surface area contributed by atoms with Crippen LogP contribution in [0.25, 0.3) is 0 Å². The maximum Gasteiger partial charge on any atom is 0.243 e. The monoisotopic (exact) mass is 419 g/mol. The molecule has 1 amide bonds. The first-order valence-electron chi connectivity index (χ1n) is 10.6. The minimum Gasteiger partial charge on any atom is -0.497 e. The molecule has 0 aliphatic carbocycles. The lowest BCUT2D eigenvalue weighted by Gasteiger charge is -2.35. The molecule has 1 saturated heterocycles. The first kappa shape index (κ1) is 24.0. The highest BCUT2D eigenvalue weighted by Crippen LogP contribution is 2.23. The Labute approximate surface area is 180 Å². The Kier molecular flexibility index (Phi) is 9.89. The molecule has 1 aliphatic rings. The Morgan fingerprint density at radius 2 is 1.93 bits per heavy atom. The number of hydrogen-bond acceptors (Lipinski definition) is 5. The molecule has 0 bridgehead atoms. The number of ether oxygens (including phenoxy) is 2. The van der Waals surface area contributed by atoms with Gasteiger partial charge in [-0.1, -0.05) is 19.1 Å². The Hall–Kier alpha value is -2.32. The van der Waals surface area contributed by atoms with Crippen molar-refractivity contribution in [2.75, 3.05) is 60.6 Å². The standard InChI is InChI=1S/C22H37N5O3/c1-6-17(2)25-22(24-16-21(28)26(3)4)23-15-20(27-11-13-30-14-12-27)18-7-9-19(29-5)10-8-18/h7-10,17,20H,6,11-16H2,1-5H3,(H2,23,24,25). The predicted molar refractivity (Wildman–Crippen MR) is 120 cm³/mol.